The maximum absolute atomic E-state index is 5.38. The lowest BCUT2D eigenvalue weighted by atomic mass is 10.1. The minimum Gasteiger partial charge on any atom is -0.357 e. The smallest absolute Gasteiger partial charge is 0.183 e. The summed E-state index contributed by atoms with van der Waals surface area (Å²) in [4.78, 5) is 7.47. The minimum absolute atomic E-state index is 0.756. The highest BCUT2D eigenvalue weighted by Crippen LogP contribution is 2.44. The van der Waals surface area contributed by atoms with Gasteiger partial charge in [-0.2, -0.15) is 0 Å². The highest BCUT2D eigenvalue weighted by Gasteiger charge is 2.20. The minimum atomic E-state index is 0.756. The molecule has 1 aliphatic rings. The van der Waals surface area contributed by atoms with Crippen molar-refractivity contribution in [2.45, 2.75) is 17.2 Å². The van der Waals surface area contributed by atoms with Crippen molar-refractivity contribution in [2.75, 3.05) is 5.32 Å². The van der Waals surface area contributed by atoms with Gasteiger partial charge in [0.1, 0.15) is 0 Å². The van der Waals surface area contributed by atoms with E-state index in [0.717, 1.165) is 28.7 Å². The number of hydrogen-bond acceptors (Lipinski definition) is 4. The van der Waals surface area contributed by atoms with E-state index in [1.807, 2.05) is 23.9 Å². The van der Waals surface area contributed by atoms with Crippen LogP contribution >= 0.6 is 23.1 Å². The number of hydrogen-bond donors (Lipinski definition) is 1. The normalized spacial score (nSPS) is 12.1. The van der Waals surface area contributed by atoms with Gasteiger partial charge in [-0.25, -0.2) is 4.98 Å². The number of nitrogens with one attached hydrogen (secondary N) is 1. The Morgan fingerprint density at radius 2 is 1.96 bits per heavy atom. The monoisotopic (exact) mass is 334 g/mol. The molecule has 0 atom stereocenters. The molecular weight excluding hydrogens is 320 g/mol. The summed E-state index contributed by atoms with van der Waals surface area (Å²) < 4.78 is 0. The van der Waals surface area contributed by atoms with Crippen LogP contribution in [-0.4, -0.2) is 4.98 Å². The van der Waals surface area contributed by atoms with Gasteiger partial charge in [0.05, 0.1) is 5.69 Å². The summed E-state index contributed by atoms with van der Waals surface area (Å²) in [5.41, 5.74) is 4.50. The van der Waals surface area contributed by atoms with Gasteiger partial charge in [0.2, 0.25) is 0 Å². The quantitative estimate of drug-likeness (QED) is 0.682. The van der Waals surface area contributed by atoms with E-state index in [0.29, 0.717) is 0 Å². The largest absolute Gasteiger partial charge is 0.357 e. The summed E-state index contributed by atoms with van der Waals surface area (Å²) in [5.74, 6) is 3.64. The Morgan fingerprint density at radius 3 is 2.78 bits per heavy atom. The van der Waals surface area contributed by atoms with Gasteiger partial charge in [0, 0.05) is 33.2 Å². The molecule has 0 amide bonds. The molecule has 1 N–H and O–H groups in total. The maximum atomic E-state index is 5.38. The molecule has 0 spiro atoms. The van der Waals surface area contributed by atoms with Crippen LogP contribution in [0.4, 0.5) is 5.13 Å². The molecule has 0 saturated heterocycles. The zero-order valence-corrected chi connectivity index (χ0v) is 14.0. The Hall–Kier alpha value is -2.22. The average Bonchev–Trinajstić information content (AvgIpc) is 3.04. The molecule has 0 saturated carbocycles. The second kappa shape index (κ2) is 6.11. The lowest BCUT2D eigenvalue weighted by Crippen LogP contribution is -1.99. The first kappa shape index (κ1) is 14.4. The Labute approximate surface area is 144 Å². The number of thioether (sulfide) groups is 1. The Kier molecular flexibility index (Phi) is 3.82. The molecule has 1 aliphatic heterocycles. The zero-order valence-electron chi connectivity index (χ0n) is 12.4. The number of terminal acetylenes is 1. The predicted molar refractivity (Wildman–Crippen MR) is 98.8 cm³/mol. The molecule has 2 nitrogen and oxygen atoms in total. The number of thiazole rings is 1. The summed E-state index contributed by atoms with van der Waals surface area (Å²) in [6.07, 6.45) is 5.38. The fourth-order valence-corrected chi connectivity index (χ4v) is 4.66. The second-order valence-electron chi connectivity index (χ2n) is 5.27. The lowest BCUT2D eigenvalue weighted by Gasteiger charge is -2.13. The molecule has 2 aromatic carbocycles. The zero-order chi connectivity index (χ0) is 15.6. The summed E-state index contributed by atoms with van der Waals surface area (Å²) in [7, 11) is 0. The molecule has 23 heavy (non-hydrogen) atoms. The van der Waals surface area contributed by atoms with Crippen molar-refractivity contribution in [3.63, 3.8) is 0 Å². The molecule has 0 radical (unpaired) electrons. The molecule has 112 valence electrons. The van der Waals surface area contributed by atoms with Gasteiger partial charge in [0.25, 0.3) is 0 Å². The van der Waals surface area contributed by atoms with Crippen molar-refractivity contribution in [3.05, 3.63) is 64.5 Å². The Morgan fingerprint density at radius 1 is 1.13 bits per heavy atom. The van der Waals surface area contributed by atoms with E-state index in [1.54, 1.807) is 11.3 Å². The molecule has 4 rings (SSSR count). The van der Waals surface area contributed by atoms with E-state index in [2.05, 4.69) is 47.6 Å². The highest BCUT2D eigenvalue weighted by molar-refractivity contribution is 7.98. The fourth-order valence-electron chi connectivity index (χ4n) is 2.56. The molecule has 0 aliphatic carbocycles. The Balaban J connectivity index is 1.53. The standard InChI is InChI=1S/C19H14N2S2/c1-2-13-7-9-14(10-8-13)11-20-19-21-18-15-5-3-4-6-16(15)22-12-17(18)23-19/h1,3-10H,11-12H2,(H,20,21). The Bertz CT molecular complexity index is 888. The van der Waals surface area contributed by atoms with Crippen molar-refractivity contribution < 1.29 is 0 Å². The molecule has 4 heteroatoms. The summed E-state index contributed by atoms with van der Waals surface area (Å²) in [5, 5.41) is 4.41. The number of rotatable bonds is 3. The van der Waals surface area contributed by atoms with Crippen LogP contribution in [0.15, 0.2) is 53.4 Å². The van der Waals surface area contributed by atoms with Gasteiger partial charge in [0.15, 0.2) is 5.13 Å². The van der Waals surface area contributed by atoms with Crippen LogP contribution in [0.3, 0.4) is 0 Å². The first-order chi connectivity index (χ1) is 11.3. The fraction of sp³-hybridized carbons (Fsp3) is 0.105. The van der Waals surface area contributed by atoms with Gasteiger partial charge in [-0.3, -0.25) is 0 Å². The van der Waals surface area contributed by atoms with Crippen LogP contribution in [0.5, 0.6) is 0 Å². The number of anilines is 1. The van der Waals surface area contributed by atoms with Crippen LogP contribution in [0, 0.1) is 12.3 Å². The van der Waals surface area contributed by atoms with Gasteiger partial charge in [-0.1, -0.05) is 36.3 Å². The molecule has 0 fully saturated rings. The molecule has 1 aromatic heterocycles. The number of fused-ring (bicyclic) bond motifs is 3. The first-order valence-corrected chi connectivity index (χ1v) is 9.15. The van der Waals surface area contributed by atoms with Crippen molar-refractivity contribution in [3.8, 4) is 23.6 Å². The predicted octanol–water partition coefficient (Wildman–Crippen LogP) is 5.01. The molecular formula is C19H14N2S2. The van der Waals surface area contributed by atoms with Gasteiger partial charge < -0.3 is 5.32 Å². The van der Waals surface area contributed by atoms with Crippen molar-refractivity contribution in [2.24, 2.45) is 0 Å². The van der Waals surface area contributed by atoms with Crippen LogP contribution in [0.25, 0.3) is 11.3 Å². The van der Waals surface area contributed by atoms with Crippen molar-refractivity contribution >= 4 is 28.2 Å². The third-order valence-electron chi connectivity index (χ3n) is 3.76. The first-order valence-electron chi connectivity index (χ1n) is 7.35. The molecule has 2 heterocycles. The number of aromatic nitrogens is 1. The second-order valence-corrected chi connectivity index (χ2v) is 7.37. The van der Waals surface area contributed by atoms with Gasteiger partial charge >= 0.3 is 0 Å². The van der Waals surface area contributed by atoms with E-state index in [4.69, 9.17) is 11.4 Å². The van der Waals surface area contributed by atoms with E-state index in [-0.39, 0.29) is 0 Å². The van der Waals surface area contributed by atoms with Crippen molar-refractivity contribution in [1.82, 2.24) is 4.98 Å². The topological polar surface area (TPSA) is 24.9 Å². The summed E-state index contributed by atoms with van der Waals surface area (Å²) >= 11 is 3.64. The van der Waals surface area contributed by atoms with Gasteiger partial charge in [-0.15, -0.1) is 29.5 Å². The molecule has 0 unspecified atom stereocenters. The van der Waals surface area contributed by atoms with E-state index < -0.39 is 0 Å². The van der Waals surface area contributed by atoms with Gasteiger partial charge in [-0.05, 0) is 23.8 Å². The van der Waals surface area contributed by atoms with Crippen LogP contribution in [-0.2, 0) is 12.3 Å². The third-order valence-corrected chi connectivity index (χ3v) is 6.06. The number of benzene rings is 2. The van der Waals surface area contributed by atoms with E-state index in [9.17, 15) is 0 Å². The summed E-state index contributed by atoms with van der Waals surface area (Å²) in [6, 6.07) is 16.5. The van der Waals surface area contributed by atoms with Crippen LogP contribution < -0.4 is 5.32 Å². The van der Waals surface area contributed by atoms with Crippen LogP contribution in [0.2, 0.25) is 0 Å². The van der Waals surface area contributed by atoms with Crippen molar-refractivity contribution in [1.29, 1.82) is 0 Å². The van der Waals surface area contributed by atoms with Crippen LogP contribution in [0.1, 0.15) is 16.0 Å². The maximum Gasteiger partial charge on any atom is 0.183 e. The SMILES string of the molecule is C#Cc1ccc(CNc2nc3c(s2)CSc2ccccc2-3)cc1. The highest BCUT2D eigenvalue weighted by atomic mass is 32.2. The van der Waals surface area contributed by atoms with E-state index in [1.165, 1.54) is 20.9 Å². The molecule has 0 bridgehead atoms. The number of nitrogens with zero attached hydrogens (tertiary/aromatic N) is 1. The lowest BCUT2D eigenvalue weighted by molar-refractivity contribution is 1.13. The third kappa shape index (κ3) is 2.86. The average molecular weight is 334 g/mol. The van der Waals surface area contributed by atoms with E-state index >= 15 is 0 Å². The molecule has 3 aromatic rings. The summed E-state index contributed by atoms with van der Waals surface area (Å²) in [6.45, 7) is 0.756.